The summed E-state index contributed by atoms with van der Waals surface area (Å²) in [5.74, 6) is 0. The number of halogens is 3. The molecule has 1 rings (SSSR count). The summed E-state index contributed by atoms with van der Waals surface area (Å²) in [5.41, 5.74) is -0.0322. The van der Waals surface area contributed by atoms with E-state index in [4.69, 9.17) is 4.74 Å². The summed E-state index contributed by atoms with van der Waals surface area (Å²) < 4.78 is 42.1. The average Bonchev–Trinajstić information content (AvgIpc) is 2.75. The normalized spacial score (nSPS) is 24.3. The van der Waals surface area contributed by atoms with Crippen LogP contribution in [-0.4, -0.2) is 57.5 Å². The molecule has 1 unspecified atom stereocenters. The molecule has 0 bridgehead atoms. The Morgan fingerprint density at radius 2 is 2.11 bits per heavy atom. The molecule has 19 heavy (non-hydrogen) atoms. The van der Waals surface area contributed by atoms with Crippen LogP contribution in [0.15, 0.2) is 0 Å². The van der Waals surface area contributed by atoms with Crippen molar-refractivity contribution in [3.63, 3.8) is 0 Å². The highest BCUT2D eigenvalue weighted by molar-refractivity contribution is 4.88. The third kappa shape index (κ3) is 6.58. The van der Waals surface area contributed by atoms with E-state index < -0.39 is 12.6 Å². The topological polar surface area (TPSA) is 24.5 Å². The Labute approximate surface area is 113 Å². The first-order valence-corrected chi connectivity index (χ1v) is 6.91. The van der Waals surface area contributed by atoms with Crippen molar-refractivity contribution in [3.8, 4) is 0 Å². The Morgan fingerprint density at radius 3 is 2.63 bits per heavy atom. The molecule has 0 aromatic heterocycles. The summed E-state index contributed by atoms with van der Waals surface area (Å²) in [5, 5.41) is 3.37. The molecule has 1 saturated heterocycles. The first-order valence-electron chi connectivity index (χ1n) is 6.91. The minimum atomic E-state index is -4.08. The van der Waals surface area contributed by atoms with Gasteiger partial charge in [-0.1, -0.05) is 6.92 Å². The zero-order valence-electron chi connectivity index (χ0n) is 11.9. The fourth-order valence-electron chi connectivity index (χ4n) is 2.47. The Morgan fingerprint density at radius 1 is 1.37 bits per heavy atom. The molecule has 1 N–H and O–H groups in total. The van der Waals surface area contributed by atoms with Gasteiger partial charge in [-0.3, -0.25) is 0 Å². The van der Waals surface area contributed by atoms with Crippen molar-refractivity contribution in [1.82, 2.24) is 10.2 Å². The lowest BCUT2D eigenvalue weighted by Crippen LogP contribution is -2.44. The van der Waals surface area contributed by atoms with Crippen LogP contribution in [0.25, 0.3) is 0 Å². The van der Waals surface area contributed by atoms with E-state index in [0.717, 1.165) is 25.9 Å². The molecule has 1 aliphatic rings. The lowest BCUT2D eigenvalue weighted by Gasteiger charge is -2.32. The van der Waals surface area contributed by atoms with Gasteiger partial charge in [0.25, 0.3) is 0 Å². The zero-order valence-corrected chi connectivity index (χ0v) is 11.9. The lowest BCUT2D eigenvalue weighted by molar-refractivity contribution is -0.138. The van der Waals surface area contributed by atoms with Gasteiger partial charge in [-0.05, 0) is 26.4 Å². The van der Waals surface area contributed by atoms with Gasteiger partial charge in [-0.2, -0.15) is 13.2 Å². The van der Waals surface area contributed by atoms with Crippen LogP contribution >= 0.6 is 0 Å². The van der Waals surface area contributed by atoms with Gasteiger partial charge in [-0.25, -0.2) is 0 Å². The predicted molar refractivity (Wildman–Crippen MR) is 69.2 cm³/mol. The lowest BCUT2D eigenvalue weighted by atomic mass is 9.86. The molecule has 3 nitrogen and oxygen atoms in total. The SMILES string of the molecule is CCCNCC1(CN(C)CCC(F)(F)F)CCOC1. The van der Waals surface area contributed by atoms with E-state index in [1.807, 2.05) is 0 Å². The number of ether oxygens (including phenoxy) is 1. The monoisotopic (exact) mass is 282 g/mol. The van der Waals surface area contributed by atoms with Crippen LogP contribution in [0.1, 0.15) is 26.2 Å². The molecule has 0 amide bonds. The molecule has 6 heteroatoms. The second-order valence-electron chi connectivity index (χ2n) is 5.58. The second-order valence-corrected chi connectivity index (χ2v) is 5.58. The van der Waals surface area contributed by atoms with Gasteiger partial charge < -0.3 is 15.0 Å². The van der Waals surface area contributed by atoms with Crippen LogP contribution in [0.2, 0.25) is 0 Å². The molecule has 0 radical (unpaired) electrons. The van der Waals surface area contributed by atoms with E-state index in [-0.39, 0.29) is 12.0 Å². The van der Waals surface area contributed by atoms with Crippen molar-refractivity contribution in [1.29, 1.82) is 0 Å². The molecule has 0 spiro atoms. The maximum atomic E-state index is 12.2. The Bertz CT molecular complexity index is 253. The van der Waals surface area contributed by atoms with E-state index in [9.17, 15) is 13.2 Å². The quantitative estimate of drug-likeness (QED) is 0.691. The van der Waals surface area contributed by atoms with Gasteiger partial charge >= 0.3 is 6.18 Å². The predicted octanol–water partition coefficient (Wildman–Crippen LogP) is 2.28. The Balaban J connectivity index is 2.39. The van der Waals surface area contributed by atoms with Gasteiger partial charge in [0.05, 0.1) is 13.0 Å². The van der Waals surface area contributed by atoms with Gasteiger partial charge in [0.1, 0.15) is 0 Å². The van der Waals surface area contributed by atoms with Gasteiger partial charge in [0, 0.05) is 31.7 Å². The molecular weight excluding hydrogens is 257 g/mol. The second kappa shape index (κ2) is 7.45. The van der Waals surface area contributed by atoms with Gasteiger partial charge in [0.15, 0.2) is 0 Å². The maximum absolute atomic E-state index is 12.2. The summed E-state index contributed by atoms with van der Waals surface area (Å²) in [4.78, 5) is 1.77. The van der Waals surface area contributed by atoms with Gasteiger partial charge in [-0.15, -0.1) is 0 Å². The molecule has 1 aliphatic heterocycles. The summed E-state index contributed by atoms with van der Waals surface area (Å²) in [6.45, 7) is 5.91. The highest BCUT2D eigenvalue weighted by Crippen LogP contribution is 2.29. The molecule has 0 aromatic rings. The minimum Gasteiger partial charge on any atom is -0.381 e. The van der Waals surface area contributed by atoms with Crippen molar-refractivity contribution in [2.24, 2.45) is 5.41 Å². The van der Waals surface area contributed by atoms with Crippen molar-refractivity contribution < 1.29 is 17.9 Å². The molecule has 0 aromatic carbocycles. The Kier molecular flexibility index (Phi) is 6.56. The number of hydrogen-bond donors (Lipinski definition) is 1. The summed E-state index contributed by atoms with van der Waals surface area (Å²) in [6.07, 6.45) is -2.85. The standard InChI is InChI=1S/C13H25F3N2O/c1-3-6-17-9-12(5-8-19-11-12)10-18(2)7-4-13(14,15)16/h17H,3-11H2,1-2H3. The van der Waals surface area contributed by atoms with Crippen LogP contribution in [0.3, 0.4) is 0 Å². The zero-order chi connectivity index (χ0) is 14.4. The summed E-state index contributed by atoms with van der Waals surface area (Å²) in [7, 11) is 1.76. The number of nitrogens with zero attached hydrogens (tertiary/aromatic N) is 1. The molecular formula is C13H25F3N2O. The number of nitrogens with one attached hydrogen (secondary N) is 1. The van der Waals surface area contributed by atoms with Crippen LogP contribution in [0.5, 0.6) is 0 Å². The fourth-order valence-corrected chi connectivity index (χ4v) is 2.47. The molecule has 1 heterocycles. The third-order valence-electron chi connectivity index (χ3n) is 3.49. The molecule has 1 atom stereocenters. The van der Waals surface area contributed by atoms with Crippen LogP contribution in [0, 0.1) is 5.41 Å². The maximum Gasteiger partial charge on any atom is 0.390 e. The van der Waals surface area contributed by atoms with E-state index in [1.165, 1.54) is 0 Å². The van der Waals surface area contributed by atoms with Crippen molar-refractivity contribution >= 4 is 0 Å². The van der Waals surface area contributed by atoms with E-state index in [2.05, 4.69) is 12.2 Å². The molecule has 1 fully saturated rings. The Hall–Kier alpha value is -0.330. The molecule has 0 aliphatic carbocycles. The van der Waals surface area contributed by atoms with E-state index in [1.54, 1.807) is 11.9 Å². The highest BCUT2D eigenvalue weighted by atomic mass is 19.4. The minimum absolute atomic E-state index is 0.0322. The van der Waals surface area contributed by atoms with E-state index >= 15 is 0 Å². The summed E-state index contributed by atoms with van der Waals surface area (Å²) >= 11 is 0. The van der Waals surface area contributed by atoms with Crippen molar-refractivity contribution in [3.05, 3.63) is 0 Å². The number of alkyl halides is 3. The van der Waals surface area contributed by atoms with Crippen molar-refractivity contribution in [2.45, 2.75) is 32.4 Å². The molecule has 114 valence electrons. The van der Waals surface area contributed by atoms with Crippen molar-refractivity contribution in [2.75, 3.05) is 46.4 Å². The first-order chi connectivity index (χ1) is 8.87. The molecule has 0 saturated carbocycles. The van der Waals surface area contributed by atoms with Crippen LogP contribution in [0.4, 0.5) is 13.2 Å². The van der Waals surface area contributed by atoms with Crippen LogP contribution in [-0.2, 0) is 4.74 Å². The third-order valence-corrected chi connectivity index (χ3v) is 3.49. The van der Waals surface area contributed by atoms with Gasteiger partial charge in [0.2, 0.25) is 0 Å². The fraction of sp³-hybridized carbons (Fsp3) is 1.00. The average molecular weight is 282 g/mol. The number of hydrogen-bond acceptors (Lipinski definition) is 3. The largest absolute Gasteiger partial charge is 0.390 e. The number of rotatable bonds is 8. The highest BCUT2D eigenvalue weighted by Gasteiger charge is 2.36. The van der Waals surface area contributed by atoms with Crippen LogP contribution < -0.4 is 5.32 Å². The van der Waals surface area contributed by atoms with E-state index in [0.29, 0.717) is 19.8 Å². The smallest absolute Gasteiger partial charge is 0.381 e. The first kappa shape index (κ1) is 16.7. The summed E-state index contributed by atoms with van der Waals surface area (Å²) in [6, 6.07) is 0.